The first-order chi connectivity index (χ1) is 14.4. The van der Waals surface area contributed by atoms with Crippen LogP contribution in [0.4, 0.5) is 5.82 Å². The Morgan fingerprint density at radius 3 is 2.67 bits per heavy atom. The van der Waals surface area contributed by atoms with Crippen LogP contribution in [0.2, 0.25) is 0 Å². The molecule has 0 aliphatic carbocycles. The van der Waals surface area contributed by atoms with Gasteiger partial charge in [-0.1, -0.05) is 38.1 Å². The van der Waals surface area contributed by atoms with Gasteiger partial charge in [-0.05, 0) is 35.9 Å². The number of H-pyrrole nitrogens is 1. The number of hydrogen-bond acceptors (Lipinski definition) is 5. The van der Waals surface area contributed by atoms with E-state index in [4.69, 9.17) is 0 Å². The van der Waals surface area contributed by atoms with Crippen molar-refractivity contribution >= 4 is 23.1 Å². The minimum absolute atomic E-state index is 0.0726. The topological polar surface area (TPSA) is 92.7 Å². The maximum Gasteiger partial charge on any atom is 0.257 e. The number of anilines is 1. The number of aryl methyl sites for hydroxylation is 1. The number of hydrogen-bond donors (Lipinski definition) is 2. The lowest BCUT2D eigenvalue weighted by atomic mass is 10.1. The molecule has 1 amide bonds. The summed E-state index contributed by atoms with van der Waals surface area (Å²) in [7, 11) is 0. The molecule has 0 spiro atoms. The van der Waals surface area contributed by atoms with E-state index in [1.807, 2.05) is 56.5 Å². The van der Waals surface area contributed by atoms with Crippen LogP contribution in [0.5, 0.6) is 0 Å². The molecule has 0 saturated carbocycles. The Kier molecular flexibility index (Phi) is 5.33. The van der Waals surface area contributed by atoms with Gasteiger partial charge in [0.15, 0.2) is 0 Å². The fraction of sp³-hybridized carbons (Fsp3) is 0.182. The number of aromatic nitrogens is 4. The van der Waals surface area contributed by atoms with Crippen molar-refractivity contribution in [3.05, 3.63) is 81.1 Å². The predicted molar refractivity (Wildman–Crippen MR) is 119 cm³/mol. The lowest BCUT2D eigenvalue weighted by Gasteiger charge is -2.11. The molecular formula is C22H21N5O2S. The van der Waals surface area contributed by atoms with E-state index >= 15 is 0 Å². The summed E-state index contributed by atoms with van der Waals surface area (Å²) in [6.07, 6.45) is 0. The van der Waals surface area contributed by atoms with E-state index in [2.05, 4.69) is 20.4 Å². The number of carbonyl (C=O) groups excluding carboxylic acids is 1. The highest BCUT2D eigenvalue weighted by atomic mass is 32.1. The first-order valence-electron chi connectivity index (χ1n) is 9.55. The number of rotatable bonds is 5. The fourth-order valence-corrected chi connectivity index (χ4v) is 3.73. The molecule has 3 heterocycles. The van der Waals surface area contributed by atoms with Gasteiger partial charge in [0.25, 0.3) is 11.5 Å². The Morgan fingerprint density at radius 1 is 1.17 bits per heavy atom. The van der Waals surface area contributed by atoms with Crippen LogP contribution in [-0.4, -0.2) is 25.7 Å². The van der Waals surface area contributed by atoms with Crippen LogP contribution in [-0.2, 0) is 0 Å². The molecule has 0 aliphatic heterocycles. The Balaban J connectivity index is 1.81. The third-order valence-electron chi connectivity index (χ3n) is 4.66. The van der Waals surface area contributed by atoms with Gasteiger partial charge in [-0.2, -0.15) is 9.78 Å². The average Bonchev–Trinajstić information content (AvgIpc) is 3.37. The van der Waals surface area contributed by atoms with Crippen molar-refractivity contribution in [2.75, 3.05) is 5.32 Å². The molecule has 0 aliphatic rings. The van der Waals surface area contributed by atoms with E-state index in [1.54, 1.807) is 23.5 Å². The maximum absolute atomic E-state index is 12.9. The Hall–Kier alpha value is -3.52. The number of nitrogens with zero attached hydrogens (tertiary/aromatic N) is 3. The largest absolute Gasteiger partial charge is 0.306 e. The Morgan fingerprint density at radius 2 is 1.97 bits per heavy atom. The minimum Gasteiger partial charge on any atom is -0.306 e. The average molecular weight is 420 g/mol. The van der Waals surface area contributed by atoms with Crippen LogP contribution < -0.4 is 10.9 Å². The number of carbonyl (C=O) groups is 1. The predicted octanol–water partition coefficient (Wildman–Crippen LogP) is 4.37. The zero-order valence-corrected chi connectivity index (χ0v) is 17.7. The molecule has 0 fully saturated rings. The van der Waals surface area contributed by atoms with Gasteiger partial charge >= 0.3 is 0 Å². The summed E-state index contributed by atoms with van der Waals surface area (Å²) in [6, 6.07) is 14.5. The summed E-state index contributed by atoms with van der Waals surface area (Å²) in [5.74, 6) is 0.502. The normalized spacial score (nSPS) is 11.1. The summed E-state index contributed by atoms with van der Waals surface area (Å²) in [6.45, 7) is 5.81. The summed E-state index contributed by atoms with van der Waals surface area (Å²) in [4.78, 5) is 33.3. The molecular weight excluding hydrogens is 398 g/mol. The van der Waals surface area contributed by atoms with Gasteiger partial charge in [0.1, 0.15) is 11.5 Å². The SMILES string of the molecule is Cc1ccccc1C(=O)Nc1cc(-c2cccs2)nn1-c1nc(C(C)C)cc(=O)[nH]1. The van der Waals surface area contributed by atoms with Gasteiger partial charge in [0, 0.05) is 17.7 Å². The van der Waals surface area contributed by atoms with Crippen molar-refractivity contribution in [3.63, 3.8) is 0 Å². The van der Waals surface area contributed by atoms with Crippen LogP contribution in [0.3, 0.4) is 0 Å². The highest BCUT2D eigenvalue weighted by Gasteiger charge is 2.18. The van der Waals surface area contributed by atoms with Crippen molar-refractivity contribution in [3.8, 4) is 16.5 Å². The Labute approximate surface area is 177 Å². The minimum atomic E-state index is -0.270. The molecule has 7 nitrogen and oxygen atoms in total. The van der Waals surface area contributed by atoms with E-state index in [0.29, 0.717) is 22.8 Å². The molecule has 30 heavy (non-hydrogen) atoms. The molecule has 0 radical (unpaired) electrons. The number of nitrogens with one attached hydrogen (secondary N) is 2. The first-order valence-corrected chi connectivity index (χ1v) is 10.4. The van der Waals surface area contributed by atoms with E-state index in [9.17, 15) is 9.59 Å². The van der Waals surface area contributed by atoms with Crippen LogP contribution in [0.25, 0.3) is 16.5 Å². The lowest BCUT2D eigenvalue weighted by Crippen LogP contribution is -2.20. The quantitative estimate of drug-likeness (QED) is 0.502. The van der Waals surface area contributed by atoms with Gasteiger partial charge in [-0.15, -0.1) is 11.3 Å². The molecule has 1 aromatic carbocycles. The maximum atomic E-state index is 12.9. The van der Waals surface area contributed by atoms with Crippen LogP contribution in [0.1, 0.15) is 41.4 Å². The molecule has 8 heteroatoms. The zero-order chi connectivity index (χ0) is 21.3. The molecule has 4 aromatic rings. The number of benzene rings is 1. The van der Waals surface area contributed by atoms with E-state index in [1.165, 1.54) is 10.7 Å². The van der Waals surface area contributed by atoms with Gasteiger partial charge in [0.2, 0.25) is 5.95 Å². The molecule has 2 N–H and O–H groups in total. The zero-order valence-electron chi connectivity index (χ0n) is 16.8. The number of aromatic amines is 1. The van der Waals surface area contributed by atoms with Crippen molar-refractivity contribution in [1.82, 2.24) is 19.7 Å². The second kappa shape index (κ2) is 8.08. The highest BCUT2D eigenvalue weighted by molar-refractivity contribution is 7.13. The molecule has 0 atom stereocenters. The lowest BCUT2D eigenvalue weighted by molar-refractivity contribution is 0.102. The smallest absolute Gasteiger partial charge is 0.257 e. The second-order valence-electron chi connectivity index (χ2n) is 7.22. The highest BCUT2D eigenvalue weighted by Crippen LogP contribution is 2.28. The van der Waals surface area contributed by atoms with Gasteiger partial charge in [-0.3, -0.25) is 14.6 Å². The van der Waals surface area contributed by atoms with Crippen LogP contribution in [0, 0.1) is 6.92 Å². The van der Waals surface area contributed by atoms with Crippen LogP contribution in [0.15, 0.2) is 58.7 Å². The first kappa shape index (κ1) is 19.8. The van der Waals surface area contributed by atoms with Crippen molar-refractivity contribution < 1.29 is 4.79 Å². The molecule has 0 saturated heterocycles. The summed E-state index contributed by atoms with van der Waals surface area (Å²) < 4.78 is 1.47. The monoisotopic (exact) mass is 419 g/mol. The van der Waals surface area contributed by atoms with Crippen molar-refractivity contribution in [2.45, 2.75) is 26.7 Å². The third-order valence-corrected chi connectivity index (χ3v) is 5.55. The standard InChI is InChI=1S/C22H21N5O2S/c1-13(2)16-12-20(28)25-22(23-16)27-19(11-17(26-27)18-9-6-10-30-18)24-21(29)15-8-5-4-7-14(15)3/h4-13H,1-3H3,(H,24,29)(H,23,25,28). The summed E-state index contributed by atoms with van der Waals surface area (Å²) in [5.41, 5.74) is 2.50. The third kappa shape index (κ3) is 3.95. The molecule has 4 rings (SSSR count). The second-order valence-corrected chi connectivity index (χ2v) is 8.17. The van der Waals surface area contributed by atoms with Gasteiger partial charge in [-0.25, -0.2) is 4.98 Å². The van der Waals surface area contributed by atoms with E-state index in [0.717, 1.165) is 10.4 Å². The molecule has 3 aromatic heterocycles. The summed E-state index contributed by atoms with van der Waals surface area (Å²) >= 11 is 1.54. The Bertz CT molecular complexity index is 1250. The van der Waals surface area contributed by atoms with E-state index < -0.39 is 0 Å². The van der Waals surface area contributed by atoms with Crippen molar-refractivity contribution in [1.29, 1.82) is 0 Å². The number of amides is 1. The molecule has 152 valence electrons. The molecule has 0 bridgehead atoms. The van der Waals surface area contributed by atoms with Gasteiger partial charge in [0.05, 0.1) is 10.6 Å². The molecule has 0 unspecified atom stereocenters. The van der Waals surface area contributed by atoms with Gasteiger partial charge < -0.3 is 5.32 Å². The fourth-order valence-electron chi connectivity index (χ4n) is 3.05. The number of thiophene rings is 1. The van der Waals surface area contributed by atoms with Crippen LogP contribution >= 0.6 is 11.3 Å². The van der Waals surface area contributed by atoms with Crippen molar-refractivity contribution in [2.24, 2.45) is 0 Å². The summed E-state index contributed by atoms with van der Waals surface area (Å²) in [5, 5.41) is 9.49. The van der Waals surface area contributed by atoms with E-state index in [-0.39, 0.29) is 23.3 Å².